The van der Waals surface area contributed by atoms with Crippen molar-refractivity contribution in [3.8, 4) is 11.5 Å². The van der Waals surface area contributed by atoms with Crippen LogP contribution in [0.25, 0.3) is 0 Å². The van der Waals surface area contributed by atoms with Crippen LogP contribution in [0.4, 0.5) is 4.39 Å². The van der Waals surface area contributed by atoms with Gasteiger partial charge in [-0.2, -0.15) is 0 Å². The number of rotatable bonds is 5. The van der Waals surface area contributed by atoms with E-state index in [1.54, 1.807) is 6.92 Å². The molecule has 0 amide bonds. The largest absolute Gasteiger partial charge is 0.490 e. The molecule has 0 saturated heterocycles. The highest BCUT2D eigenvalue weighted by molar-refractivity contribution is 7.89. The van der Waals surface area contributed by atoms with E-state index in [4.69, 9.17) is 9.47 Å². The summed E-state index contributed by atoms with van der Waals surface area (Å²) in [5, 5.41) is 0. The van der Waals surface area contributed by atoms with E-state index in [0.29, 0.717) is 30.3 Å². The lowest BCUT2D eigenvalue weighted by molar-refractivity contribution is 0.297. The number of benzene rings is 2. The monoisotopic (exact) mass is 393 g/mol. The molecule has 2 aromatic carbocycles. The number of halogens is 1. The lowest BCUT2D eigenvalue weighted by Crippen LogP contribution is -2.32. The van der Waals surface area contributed by atoms with Gasteiger partial charge in [0.15, 0.2) is 11.5 Å². The summed E-state index contributed by atoms with van der Waals surface area (Å²) in [4.78, 5) is 0.0730. The molecule has 1 N–H and O–H groups in total. The molecular weight excluding hydrogens is 369 g/mol. The van der Waals surface area contributed by atoms with Crippen molar-refractivity contribution in [1.82, 2.24) is 4.72 Å². The third-order valence-electron chi connectivity index (χ3n) is 4.51. The maximum absolute atomic E-state index is 13.3. The topological polar surface area (TPSA) is 64.6 Å². The SMILES string of the molecule is Cc1cc(F)ccc1S(=O)(=O)NC(c1ccc2c(c1)OCCCO2)C(C)C. The first-order valence-electron chi connectivity index (χ1n) is 8.96. The van der Waals surface area contributed by atoms with Gasteiger partial charge in [0.2, 0.25) is 10.0 Å². The minimum absolute atomic E-state index is 0.00900. The van der Waals surface area contributed by atoms with Crippen LogP contribution in [0.5, 0.6) is 11.5 Å². The Morgan fingerprint density at radius 1 is 1.04 bits per heavy atom. The predicted octanol–water partition coefficient (Wildman–Crippen LogP) is 3.97. The number of nitrogens with one attached hydrogen (secondary N) is 1. The van der Waals surface area contributed by atoms with Crippen LogP contribution < -0.4 is 14.2 Å². The van der Waals surface area contributed by atoms with Crippen LogP contribution in [0.15, 0.2) is 41.3 Å². The summed E-state index contributed by atoms with van der Waals surface area (Å²) in [5.41, 5.74) is 1.15. The number of sulfonamides is 1. The summed E-state index contributed by atoms with van der Waals surface area (Å²) >= 11 is 0. The van der Waals surface area contributed by atoms with Crippen LogP contribution in [0.1, 0.15) is 37.4 Å². The lowest BCUT2D eigenvalue weighted by Gasteiger charge is -2.24. The normalized spacial score (nSPS) is 15.4. The van der Waals surface area contributed by atoms with Gasteiger partial charge in [-0.25, -0.2) is 17.5 Å². The second kappa shape index (κ2) is 7.86. The van der Waals surface area contributed by atoms with E-state index >= 15 is 0 Å². The molecule has 7 heteroatoms. The molecule has 0 aliphatic carbocycles. The van der Waals surface area contributed by atoms with Crippen LogP contribution in [0, 0.1) is 18.7 Å². The van der Waals surface area contributed by atoms with Crippen molar-refractivity contribution < 1.29 is 22.3 Å². The van der Waals surface area contributed by atoms with E-state index in [1.807, 2.05) is 32.0 Å². The maximum atomic E-state index is 13.3. The molecule has 0 spiro atoms. The number of fused-ring (bicyclic) bond motifs is 1. The number of hydrogen-bond acceptors (Lipinski definition) is 4. The van der Waals surface area contributed by atoms with Crippen molar-refractivity contribution in [2.75, 3.05) is 13.2 Å². The molecule has 3 rings (SSSR count). The van der Waals surface area contributed by atoms with E-state index in [-0.39, 0.29) is 10.8 Å². The van der Waals surface area contributed by atoms with Crippen molar-refractivity contribution in [2.45, 2.75) is 38.1 Å². The summed E-state index contributed by atoms with van der Waals surface area (Å²) in [6.45, 7) is 6.61. The predicted molar refractivity (Wildman–Crippen MR) is 101 cm³/mol. The zero-order valence-corrected chi connectivity index (χ0v) is 16.5. The molecule has 2 aromatic rings. The fraction of sp³-hybridized carbons (Fsp3) is 0.400. The Kier molecular flexibility index (Phi) is 5.72. The third kappa shape index (κ3) is 4.42. The molecule has 0 bridgehead atoms. The number of aryl methyl sites for hydroxylation is 1. The first-order chi connectivity index (χ1) is 12.8. The van der Waals surface area contributed by atoms with Crippen LogP contribution >= 0.6 is 0 Å². The average molecular weight is 393 g/mol. The van der Waals surface area contributed by atoms with E-state index in [9.17, 15) is 12.8 Å². The molecule has 0 fully saturated rings. The molecule has 27 heavy (non-hydrogen) atoms. The molecule has 1 heterocycles. The number of ether oxygens (including phenoxy) is 2. The van der Waals surface area contributed by atoms with Crippen molar-refractivity contribution in [1.29, 1.82) is 0 Å². The molecule has 1 atom stereocenters. The Labute approximate surface area is 159 Å². The minimum Gasteiger partial charge on any atom is -0.490 e. The summed E-state index contributed by atoms with van der Waals surface area (Å²) in [7, 11) is -3.82. The molecular formula is C20H24FNO4S. The van der Waals surface area contributed by atoms with Gasteiger partial charge < -0.3 is 9.47 Å². The quantitative estimate of drug-likeness (QED) is 0.835. The maximum Gasteiger partial charge on any atom is 0.241 e. The van der Waals surface area contributed by atoms with Crippen LogP contribution in [0.3, 0.4) is 0 Å². The van der Waals surface area contributed by atoms with Crippen LogP contribution in [-0.4, -0.2) is 21.6 Å². The molecule has 0 aromatic heterocycles. The first-order valence-corrected chi connectivity index (χ1v) is 10.4. The third-order valence-corrected chi connectivity index (χ3v) is 6.11. The lowest BCUT2D eigenvalue weighted by atomic mass is 9.97. The second-order valence-electron chi connectivity index (χ2n) is 7.01. The average Bonchev–Trinajstić information content (AvgIpc) is 2.83. The minimum atomic E-state index is -3.82. The molecule has 1 aliphatic heterocycles. The van der Waals surface area contributed by atoms with Gasteiger partial charge in [-0.05, 0) is 54.3 Å². The van der Waals surface area contributed by atoms with Crippen molar-refractivity contribution in [2.24, 2.45) is 5.92 Å². The molecule has 5 nitrogen and oxygen atoms in total. The van der Waals surface area contributed by atoms with Gasteiger partial charge in [0.05, 0.1) is 18.1 Å². The van der Waals surface area contributed by atoms with Crippen molar-refractivity contribution in [3.63, 3.8) is 0 Å². The van der Waals surface area contributed by atoms with Crippen LogP contribution in [-0.2, 0) is 10.0 Å². The Morgan fingerprint density at radius 2 is 1.74 bits per heavy atom. The Hall–Kier alpha value is -2.12. The zero-order chi connectivity index (χ0) is 19.6. The zero-order valence-electron chi connectivity index (χ0n) is 15.7. The van der Waals surface area contributed by atoms with Crippen LogP contribution in [0.2, 0.25) is 0 Å². The smallest absolute Gasteiger partial charge is 0.241 e. The van der Waals surface area contributed by atoms with Gasteiger partial charge in [0, 0.05) is 12.5 Å². The highest BCUT2D eigenvalue weighted by Gasteiger charge is 2.26. The fourth-order valence-corrected chi connectivity index (χ4v) is 4.71. The first kappa shape index (κ1) is 19.6. The van der Waals surface area contributed by atoms with Crippen molar-refractivity contribution >= 4 is 10.0 Å². The van der Waals surface area contributed by atoms with E-state index in [0.717, 1.165) is 18.1 Å². The Morgan fingerprint density at radius 3 is 2.41 bits per heavy atom. The van der Waals surface area contributed by atoms with Gasteiger partial charge in [0.25, 0.3) is 0 Å². The van der Waals surface area contributed by atoms with E-state index in [2.05, 4.69) is 4.72 Å². The summed E-state index contributed by atoms with van der Waals surface area (Å²) in [5.74, 6) is 0.809. The standard InChI is InChI=1S/C20H24FNO4S/c1-13(2)20(15-5-7-17-18(12-15)26-10-4-9-25-17)22-27(23,24)19-8-6-16(21)11-14(19)3/h5-8,11-13,20,22H,4,9-10H2,1-3H3. The Bertz CT molecular complexity index is 928. The summed E-state index contributed by atoms with van der Waals surface area (Å²) < 4.78 is 53.3. The van der Waals surface area contributed by atoms with Gasteiger partial charge >= 0.3 is 0 Å². The molecule has 0 saturated carbocycles. The highest BCUT2D eigenvalue weighted by Crippen LogP contribution is 2.35. The van der Waals surface area contributed by atoms with Gasteiger partial charge in [-0.1, -0.05) is 19.9 Å². The molecule has 1 aliphatic rings. The van der Waals surface area contributed by atoms with Gasteiger partial charge in [0.1, 0.15) is 5.82 Å². The second-order valence-corrected chi connectivity index (χ2v) is 8.69. The van der Waals surface area contributed by atoms with E-state index in [1.165, 1.54) is 12.1 Å². The fourth-order valence-electron chi connectivity index (χ4n) is 3.11. The number of hydrogen-bond donors (Lipinski definition) is 1. The van der Waals surface area contributed by atoms with E-state index < -0.39 is 21.9 Å². The highest BCUT2D eigenvalue weighted by atomic mass is 32.2. The molecule has 1 unspecified atom stereocenters. The molecule has 0 radical (unpaired) electrons. The molecule has 146 valence electrons. The van der Waals surface area contributed by atoms with Gasteiger partial charge in [-0.3, -0.25) is 0 Å². The summed E-state index contributed by atoms with van der Waals surface area (Å²) in [6, 6.07) is 8.67. The Balaban J connectivity index is 1.93. The van der Waals surface area contributed by atoms with Crippen molar-refractivity contribution in [3.05, 3.63) is 53.3 Å². The van der Waals surface area contributed by atoms with Gasteiger partial charge in [-0.15, -0.1) is 0 Å². The summed E-state index contributed by atoms with van der Waals surface area (Å²) in [6.07, 6.45) is 0.800.